The Kier molecular flexibility index (Phi) is 6.15. The number of nitrogens with zero attached hydrogens (tertiary/aromatic N) is 5. The standard InChI is InChI=1S/C25H21N5O5S/c1-15-24(36-14-26-15)25(31)28-23(17-7-11-20(12-8-17)30(34)35)21-4-2-3-18(22(21)27-28)13-16-5-9-19(10-6-16)29(32)33/h5-14,21,23H,2-4H2,1H3. The predicted octanol–water partition coefficient (Wildman–Crippen LogP) is 5.70. The highest BCUT2D eigenvalue weighted by Crippen LogP contribution is 2.45. The SMILES string of the molecule is Cc1ncsc1C(=O)N1N=C2C(=Cc3ccc([N+](=O)[O-])cc3)CCCC2C1c1ccc([N+](=O)[O-])cc1. The van der Waals surface area contributed by atoms with Gasteiger partial charge in [-0.1, -0.05) is 12.1 Å². The number of carbonyl (C=O) groups excluding carboxylic acids is 1. The van der Waals surface area contributed by atoms with Crippen molar-refractivity contribution in [3.05, 3.63) is 102 Å². The predicted molar refractivity (Wildman–Crippen MR) is 135 cm³/mol. The van der Waals surface area contributed by atoms with Crippen LogP contribution in [0.4, 0.5) is 11.4 Å². The van der Waals surface area contributed by atoms with Crippen molar-refractivity contribution in [1.29, 1.82) is 0 Å². The second-order valence-electron chi connectivity index (χ2n) is 8.71. The highest BCUT2D eigenvalue weighted by Gasteiger charge is 2.44. The zero-order valence-corrected chi connectivity index (χ0v) is 20.1. The number of hydrogen-bond acceptors (Lipinski definition) is 8. The van der Waals surface area contributed by atoms with Gasteiger partial charge in [0.1, 0.15) is 4.88 Å². The summed E-state index contributed by atoms with van der Waals surface area (Å²) in [6.45, 7) is 1.78. The lowest BCUT2D eigenvalue weighted by Gasteiger charge is -2.29. The number of carbonyl (C=O) groups is 1. The molecule has 2 aromatic carbocycles. The normalized spacial score (nSPS) is 20.2. The molecule has 182 valence electrons. The second-order valence-corrected chi connectivity index (χ2v) is 9.57. The van der Waals surface area contributed by atoms with Gasteiger partial charge in [0.2, 0.25) is 0 Å². The van der Waals surface area contributed by atoms with Crippen molar-refractivity contribution in [3.8, 4) is 0 Å². The van der Waals surface area contributed by atoms with Gasteiger partial charge in [0.25, 0.3) is 17.3 Å². The van der Waals surface area contributed by atoms with Gasteiger partial charge in [-0.05, 0) is 61.1 Å². The summed E-state index contributed by atoms with van der Waals surface area (Å²) in [6.07, 6.45) is 4.42. The highest BCUT2D eigenvalue weighted by molar-refractivity contribution is 7.11. The third-order valence-corrected chi connectivity index (χ3v) is 7.46. The maximum Gasteiger partial charge on any atom is 0.286 e. The van der Waals surface area contributed by atoms with Crippen molar-refractivity contribution in [3.63, 3.8) is 0 Å². The molecule has 0 saturated heterocycles. The average molecular weight is 504 g/mol. The van der Waals surface area contributed by atoms with Crippen LogP contribution in [-0.4, -0.2) is 31.5 Å². The smallest absolute Gasteiger partial charge is 0.266 e. The van der Waals surface area contributed by atoms with Crippen LogP contribution < -0.4 is 0 Å². The number of hydrazone groups is 1. The van der Waals surface area contributed by atoms with Crippen LogP contribution in [0.1, 0.15) is 51.8 Å². The van der Waals surface area contributed by atoms with Gasteiger partial charge in [-0.2, -0.15) is 5.10 Å². The van der Waals surface area contributed by atoms with Gasteiger partial charge in [-0.15, -0.1) is 11.3 Å². The van der Waals surface area contributed by atoms with Crippen molar-refractivity contribution >= 4 is 40.4 Å². The Bertz CT molecular complexity index is 1410. The second kappa shape index (κ2) is 9.42. The quantitative estimate of drug-likeness (QED) is 0.324. The Morgan fingerprint density at radius 2 is 1.69 bits per heavy atom. The molecule has 5 rings (SSSR count). The van der Waals surface area contributed by atoms with E-state index in [1.807, 2.05) is 6.08 Å². The molecule has 0 spiro atoms. The lowest BCUT2D eigenvalue weighted by molar-refractivity contribution is -0.385. The number of aromatic nitrogens is 1. The summed E-state index contributed by atoms with van der Waals surface area (Å²) in [4.78, 5) is 39.6. The first-order valence-electron chi connectivity index (χ1n) is 11.4. The van der Waals surface area contributed by atoms with E-state index in [1.54, 1.807) is 36.7 Å². The zero-order chi connectivity index (χ0) is 25.4. The molecule has 0 radical (unpaired) electrons. The molecule has 11 heteroatoms. The first-order chi connectivity index (χ1) is 17.3. The maximum absolute atomic E-state index is 13.6. The van der Waals surface area contributed by atoms with E-state index >= 15 is 0 Å². The van der Waals surface area contributed by atoms with Crippen LogP contribution in [0, 0.1) is 33.1 Å². The van der Waals surface area contributed by atoms with E-state index in [1.165, 1.54) is 40.6 Å². The van der Waals surface area contributed by atoms with Gasteiger partial charge in [-0.3, -0.25) is 25.0 Å². The van der Waals surface area contributed by atoms with Crippen LogP contribution in [0.3, 0.4) is 0 Å². The summed E-state index contributed by atoms with van der Waals surface area (Å²) in [6, 6.07) is 12.2. The third-order valence-electron chi connectivity index (χ3n) is 6.54. The Labute approximate surface area is 209 Å². The Morgan fingerprint density at radius 1 is 1.06 bits per heavy atom. The summed E-state index contributed by atoms with van der Waals surface area (Å²) < 4.78 is 0. The van der Waals surface area contributed by atoms with Crippen LogP contribution >= 0.6 is 11.3 Å². The number of benzene rings is 2. The summed E-state index contributed by atoms with van der Waals surface area (Å²) in [5.74, 6) is -0.336. The van der Waals surface area contributed by atoms with Crippen molar-refractivity contribution in [2.45, 2.75) is 32.2 Å². The third kappa shape index (κ3) is 4.29. The lowest BCUT2D eigenvalue weighted by atomic mass is 9.77. The number of fused-ring (bicyclic) bond motifs is 1. The van der Waals surface area contributed by atoms with Gasteiger partial charge in [0, 0.05) is 30.2 Å². The number of nitro groups is 2. The fourth-order valence-electron chi connectivity index (χ4n) is 4.80. The number of hydrogen-bond donors (Lipinski definition) is 0. The first-order valence-corrected chi connectivity index (χ1v) is 12.2. The summed E-state index contributed by atoms with van der Waals surface area (Å²) in [7, 11) is 0. The molecule has 1 aromatic heterocycles. The number of non-ortho nitro benzene ring substituents is 2. The molecule has 1 aliphatic heterocycles. The molecule has 0 bridgehead atoms. The summed E-state index contributed by atoms with van der Waals surface area (Å²) in [5, 5.41) is 28.5. The van der Waals surface area contributed by atoms with Crippen LogP contribution in [0.5, 0.6) is 0 Å². The number of rotatable bonds is 5. The minimum atomic E-state index is -0.449. The molecule has 10 nitrogen and oxygen atoms in total. The molecule has 1 aliphatic carbocycles. The highest BCUT2D eigenvalue weighted by atomic mass is 32.1. The van der Waals surface area contributed by atoms with E-state index in [9.17, 15) is 25.0 Å². The van der Waals surface area contributed by atoms with Gasteiger partial charge < -0.3 is 0 Å². The van der Waals surface area contributed by atoms with Crippen LogP contribution in [0.2, 0.25) is 0 Å². The zero-order valence-electron chi connectivity index (χ0n) is 19.2. The number of allylic oxidation sites excluding steroid dienone is 1. The van der Waals surface area contributed by atoms with Crippen molar-refractivity contribution in [2.75, 3.05) is 0 Å². The first kappa shape index (κ1) is 23.5. The molecular weight excluding hydrogens is 482 g/mol. The molecule has 1 amide bonds. The number of nitro benzene ring substituents is 2. The minimum Gasteiger partial charge on any atom is -0.266 e. The molecule has 3 aromatic rings. The van der Waals surface area contributed by atoms with E-state index in [0.717, 1.165) is 41.7 Å². The molecule has 2 atom stereocenters. The molecular formula is C25H21N5O5S. The van der Waals surface area contributed by atoms with Crippen molar-refractivity contribution in [2.24, 2.45) is 11.0 Å². The van der Waals surface area contributed by atoms with E-state index < -0.39 is 15.9 Å². The number of aryl methyl sites for hydroxylation is 1. The molecule has 1 fully saturated rings. The van der Waals surface area contributed by atoms with E-state index in [-0.39, 0.29) is 23.2 Å². The Hall–Kier alpha value is -4.25. The van der Waals surface area contributed by atoms with Gasteiger partial charge >= 0.3 is 0 Å². The Morgan fingerprint density at radius 3 is 2.28 bits per heavy atom. The van der Waals surface area contributed by atoms with Gasteiger partial charge in [-0.25, -0.2) is 9.99 Å². The van der Waals surface area contributed by atoms with Crippen molar-refractivity contribution in [1.82, 2.24) is 9.99 Å². The molecule has 2 unspecified atom stereocenters. The lowest BCUT2D eigenvalue weighted by Crippen LogP contribution is -2.31. The molecule has 2 heterocycles. The van der Waals surface area contributed by atoms with Gasteiger partial charge in [0.15, 0.2) is 0 Å². The maximum atomic E-state index is 13.6. The minimum absolute atomic E-state index is 0.0172. The average Bonchev–Trinajstić information content (AvgIpc) is 3.48. The fraction of sp³-hybridized carbons (Fsp3) is 0.240. The van der Waals surface area contributed by atoms with E-state index in [4.69, 9.17) is 5.10 Å². The molecule has 0 N–H and O–H groups in total. The molecule has 1 saturated carbocycles. The largest absolute Gasteiger partial charge is 0.286 e. The molecule has 2 aliphatic rings. The van der Waals surface area contributed by atoms with Crippen LogP contribution in [0.15, 0.2) is 64.7 Å². The monoisotopic (exact) mass is 503 g/mol. The Balaban J connectivity index is 1.55. The van der Waals surface area contributed by atoms with Crippen LogP contribution in [-0.2, 0) is 0 Å². The summed E-state index contributed by atoms with van der Waals surface area (Å²) >= 11 is 1.26. The van der Waals surface area contributed by atoms with E-state index in [0.29, 0.717) is 10.6 Å². The van der Waals surface area contributed by atoms with Crippen molar-refractivity contribution < 1.29 is 14.6 Å². The van der Waals surface area contributed by atoms with Gasteiger partial charge in [0.05, 0.1) is 32.8 Å². The van der Waals surface area contributed by atoms with E-state index in [2.05, 4.69) is 4.98 Å². The fourth-order valence-corrected chi connectivity index (χ4v) is 5.53. The number of thiazole rings is 1. The topological polar surface area (TPSA) is 132 Å². The van der Waals surface area contributed by atoms with Crippen LogP contribution in [0.25, 0.3) is 6.08 Å². The summed E-state index contributed by atoms with van der Waals surface area (Å²) in [5.41, 5.74) is 5.62. The molecule has 36 heavy (non-hydrogen) atoms. The number of amides is 1.